The number of carboxylic acid groups (broad SMARTS) is 2. The SMILES string of the molecule is CCOC(=O)c1scc(N)c1O.CN(C)C(=O)c1scc(N)c1O.Nc1csc(C(=O)O)c1[O-].Nc1csc(C(=O)O)c1[O-].[Li+].[Li+]. The van der Waals surface area contributed by atoms with E-state index < -0.39 is 29.4 Å². The molecule has 16 nitrogen and oxygen atoms in total. The summed E-state index contributed by atoms with van der Waals surface area (Å²) in [6.07, 6.45) is 0. The second-order valence-electron chi connectivity index (χ2n) is 7.97. The topological polar surface area (TPSA) is 312 Å². The van der Waals surface area contributed by atoms with Gasteiger partial charge in [-0.05, 0) is 6.92 Å². The van der Waals surface area contributed by atoms with Gasteiger partial charge in [-0.2, -0.15) is 0 Å². The summed E-state index contributed by atoms with van der Waals surface area (Å²) in [5.41, 5.74) is 21.4. The monoisotopic (exact) mass is 703 g/mol. The van der Waals surface area contributed by atoms with E-state index in [1.165, 1.54) is 21.0 Å². The number of aromatic hydroxyl groups is 2. The molecule has 0 radical (unpaired) electrons. The van der Waals surface area contributed by atoms with Crippen molar-refractivity contribution in [2.24, 2.45) is 0 Å². The van der Waals surface area contributed by atoms with E-state index >= 15 is 0 Å². The molecule has 0 bridgehead atoms. The Morgan fingerprint density at radius 1 is 0.696 bits per heavy atom. The van der Waals surface area contributed by atoms with Crippen molar-refractivity contribution < 1.29 is 92.3 Å². The first-order chi connectivity index (χ1) is 20.5. The molecule has 22 heteroatoms. The van der Waals surface area contributed by atoms with Crippen LogP contribution < -0.4 is 70.9 Å². The van der Waals surface area contributed by atoms with Gasteiger partial charge in [0.1, 0.15) is 14.6 Å². The number of carbonyl (C=O) groups excluding carboxylic acids is 2. The molecule has 4 aromatic heterocycles. The van der Waals surface area contributed by atoms with Gasteiger partial charge in [-0.15, -0.1) is 45.3 Å². The fourth-order valence-corrected chi connectivity index (χ4v) is 5.41. The molecule has 12 N–H and O–H groups in total. The van der Waals surface area contributed by atoms with E-state index in [9.17, 15) is 39.6 Å². The molecule has 1 amide bonds. The van der Waals surface area contributed by atoms with Gasteiger partial charge in [0.25, 0.3) is 5.91 Å². The van der Waals surface area contributed by atoms with Crippen LogP contribution in [0.4, 0.5) is 22.7 Å². The van der Waals surface area contributed by atoms with Crippen LogP contribution in [0.2, 0.25) is 0 Å². The summed E-state index contributed by atoms with van der Waals surface area (Å²) >= 11 is 3.92. The number of hydrogen-bond acceptors (Lipinski definition) is 17. The molecule has 0 unspecified atom stereocenters. The van der Waals surface area contributed by atoms with Crippen LogP contribution in [0.5, 0.6) is 23.0 Å². The Morgan fingerprint density at radius 2 is 1.02 bits per heavy atom. The zero-order chi connectivity index (χ0) is 33.9. The Balaban J connectivity index is 0. The van der Waals surface area contributed by atoms with Crippen molar-refractivity contribution in [3.05, 3.63) is 41.0 Å². The number of esters is 1. The van der Waals surface area contributed by atoms with Crippen LogP contribution in [-0.2, 0) is 4.74 Å². The summed E-state index contributed by atoms with van der Waals surface area (Å²) in [5, 5.41) is 62.3. The molecule has 0 aliphatic rings. The van der Waals surface area contributed by atoms with Crippen LogP contribution in [0.15, 0.2) is 21.5 Å². The van der Waals surface area contributed by atoms with E-state index in [2.05, 4.69) is 4.74 Å². The van der Waals surface area contributed by atoms with Crippen LogP contribution in [0, 0.1) is 0 Å². The van der Waals surface area contributed by atoms with E-state index in [1.807, 2.05) is 0 Å². The molecule has 0 spiro atoms. The Labute approximate surface area is 301 Å². The standard InChI is InChI=1S/C7H10N2O2S.C7H9NO3S.2C5H5NO3S.2Li/c1-9(2)7(11)6-5(10)4(8)3-12-6;1-2-11-7(10)6-5(9)4(8)3-12-6;2*6-2-1-10-4(3(2)7)5(8)9;;/h3,10H,8H2,1-2H3;3,9H,2,8H2,1H3;2*1,7H,6H2,(H,8,9);;/q;;;;2*+1/p-2. The number of aromatic carboxylic acids is 2. The van der Waals surface area contributed by atoms with Gasteiger partial charge in [0.05, 0.1) is 18.0 Å². The number of ether oxygens (including phenoxy) is 1. The number of anilines is 4. The number of nitrogens with zero attached hydrogens (tertiary/aromatic N) is 1. The number of rotatable bonds is 5. The predicted molar refractivity (Wildman–Crippen MR) is 165 cm³/mol. The molecule has 4 aromatic rings. The average Bonchev–Trinajstić information content (AvgIpc) is 3.68. The minimum atomic E-state index is -1.22. The quantitative estimate of drug-likeness (QED) is 0.0729. The fourth-order valence-electron chi connectivity index (χ4n) is 2.44. The maximum atomic E-state index is 11.3. The first-order valence-corrected chi connectivity index (χ1v) is 15.0. The van der Waals surface area contributed by atoms with Crippen molar-refractivity contribution in [3.63, 3.8) is 0 Å². The molecular weight excluding hydrogens is 676 g/mol. The van der Waals surface area contributed by atoms with Gasteiger partial charge >= 0.3 is 55.6 Å². The smallest absolute Gasteiger partial charge is 0.870 e. The minimum absolute atomic E-state index is 0. The maximum Gasteiger partial charge on any atom is 1.00 e. The van der Waals surface area contributed by atoms with Crippen LogP contribution in [0.25, 0.3) is 0 Å². The largest absolute Gasteiger partial charge is 1.00 e. The minimum Gasteiger partial charge on any atom is -0.870 e. The Bertz CT molecular complexity index is 1560. The molecule has 0 saturated carbocycles. The molecule has 0 saturated heterocycles. The van der Waals surface area contributed by atoms with Crippen LogP contribution in [0.1, 0.15) is 45.6 Å². The van der Waals surface area contributed by atoms with Crippen LogP contribution >= 0.6 is 45.3 Å². The molecular formula is C24H27Li2N5O11S4. The average molecular weight is 704 g/mol. The molecule has 4 rings (SSSR count). The zero-order valence-electron chi connectivity index (χ0n) is 25.1. The predicted octanol–water partition coefficient (Wildman–Crippen LogP) is -3.84. The molecule has 0 atom stereocenters. The summed E-state index contributed by atoms with van der Waals surface area (Å²) < 4.78 is 4.68. The van der Waals surface area contributed by atoms with Gasteiger partial charge in [-0.1, -0.05) is 11.5 Å². The third-order valence-corrected chi connectivity index (χ3v) is 8.46. The molecule has 0 aliphatic heterocycles. The van der Waals surface area contributed by atoms with Gasteiger partial charge in [0.2, 0.25) is 0 Å². The molecule has 4 heterocycles. The van der Waals surface area contributed by atoms with Crippen molar-refractivity contribution in [1.29, 1.82) is 0 Å². The van der Waals surface area contributed by atoms with E-state index in [1.54, 1.807) is 26.4 Å². The van der Waals surface area contributed by atoms with E-state index in [4.69, 9.17) is 33.1 Å². The number of carbonyl (C=O) groups is 4. The van der Waals surface area contributed by atoms with Crippen molar-refractivity contribution in [2.45, 2.75) is 6.92 Å². The number of thiophene rings is 4. The number of amides is 1. The Kier molecular flexibility index (Phi) is 19.7. The summed E-state index contributed by atoms with van der Waals surface area (Å²) in [5.74, 6) is -4.66. The second kappa shape index (κ2) is 20.4. The first kappa shape index (κ1) is 44.4. The first-order valence-electron chi connectivity index (χ1n) is 11.5. The molecule has 240 valence electrons. The van der Waals surface area contributed by atoms with Crippen molar-refractivity contribution >= 4 is 91.9 Å². The third-order valence-electron chi connectivity index (χ3n) is 4.58. The Morgan fingerprint density at radius 3 is 1.24 bits per heavy atom. The van der Waals surface area contributed by atoms with Crippen LogP contribution in [-0.4, -0.2) is 69.8 Å². The van der Waals surface area contributed by atoms with E-state index in [0.29, 0.717) is 0 Å². The zero-order valence-corrected chi connectivity index (χ0v) is 28.3. The van der Waals surface area contributed by atoms with E-state index in [0.717, 1.165) is 45.3 Å². The number of carboxylic acids is 2. The van der Waals surface area contributed by atoms with E-state index in [-0.39, 0.29) is 104 Å². The van der Waals surface area contributed by atoms with Crippen LogP contribution in [0.3, 0.4) is 0 Å². The Hall–Kier alpha value is -3.73. The summed E-state index contributed by atoms with van der Waals surface area (Å²) in [7, 11) is 3.25. The van der Waals surface area contributed by atoms with Gasteiger partial charge < -0.3 is 63.2 Å². The molecule has 46 heavy (non-hydrogen) atoms. The van der Waals surface area contributed by atoms with Gasteiger partial charge in [-0.25, -0.2) is 14.4 Å². The maximum absolute atomic E-state index is 11.3. The number of nitrogen functional groups attached to an aromatic ring is 4. The number of nitrogens with two attached hydrogens (primary N) is 4. The fraction of sp³-hybridized carbons (Fsp3) is 0.167. The van der Waals surface area contributed by atoms with Gasteiger partial charge in [-0.3, -0.25) is 4.79 Å². The normalized spacial score (nSPS) is 9.28. The summed E-state index contributed by atoms with van der Waals surface area (Å²) in [4.78, 5) is 44.1. The van der Waals surface area contributed by atoms with Crippen molar-refractivity contribution in [2.75, 3.05) is 43.6 Å². The molecule has 0 fully saturated rings. The van der Waals surface area contributed by atoms with Crippen molar-refractivity contribution in [3.8, 4) is 23.0 Å². The summed E-state index contributed by atoms with van der Waals surface area (Å²) in [6, 6.07) is 0. The second-order valence-corrected chi connectivity index (χ2v) is 11.5. The number of hydrogen-bond donors (Lipinski definition) is 8. The molecule has 0 aliphatic carbocycles. The third kappa shape index (κ3) is 12.2. The molecule has 0 aromatic carbocycles. The summed E-state index contributed by atoms with van der Waals surface area (Å²) in [6.45, 7) is 1.99. The van der Waals surface area contributed by atoms with Gasteiger partial charge in [0, 0.05) is 47.0 Å². The van der Waals surface area contributed by atoms with Gasteiger partial charge in [0.15, 0.2) is 16.4 Å². The van der Waals surface area contributed by atoms with Crippen molar-refractivity contribution in [1.82, 2.24) is 4.90 Å².